The Labute approximate surface area is 253 Å². The van der Waals surface area contributed by atoms with E-state index < -0.39 is 7.25 Å². The van der Waals surface area contributed by atoms with Crippen LogP contribution in [-0.4, -0.2) is 7.25 Å². The second-order valence-corrected chi connectivity index (χ2v) is 9.71. The number of allylic oxidation sites excluding steroid dienone is 5. The molecule has 0 amide bonds. The summed E-state index contributed by atoms with van der Waals surface area (Å²) in [7, 11) is -6.00. The second-order valence-electron chi connectivity index (χ2n) is 9.71. The molecule has 2 nitrogen and oxygen atoms in total. The third-order valence-corrected chi connectivity index (χ3v) is 6.48. The minimum atomic E-state index is -6.00. The Balaban J connectivity index is 0.000000712. The van der Waals surface area contributed by atoms with Crippen molar-refractivity contribution in [3.8, 4) is 22.5 Å². The van der Waals surface area contributed by atoms with Gasteiger partial charge in [0.1, 0.15) is 11.5 Å². The number of ether oxygens (including phenoxy) is 1. The van der Waals surface area contributed by atoms with E-state index in [1.54, 1.807) is 0 Å². The fraction of sp³-hybridized carbons (Fsp3) is 0. The predicted molar refractivity (Wildman–Crippen MR) is 171 cm³/mol. The zero-order chi connectivity index (χ0) is 30.8. The van der Waals surface area contributed by atoms with Gasteiger partial charge in [-0.1, -0.05) is 109 Å². The Kier molecular flexibility index (Phi) is 9.67. The Morgan fingerprint density at radius 2 is 1.05 bits per heavy atom. The summed E-state index contributed by atoms with van der Waals surface area (Å²) < 4.78 is 51.6. The third-order valence-electron chi connectivity index (χ3n) is 6.48. The van der Waals surface area contributed by atoms with E-state index in [1.165, 1.54) is 0 Å². The van der Waals surface area contributed by atoms with E-state index >= 15 is 0 Å². The van der Waals surface area contributed by atoms with Gasteiger partial charge < -0.3 is 22.0 Å². The molecular weight excluding hydrogens is 563 g/mol. The quantitative estimate of drug-likeness (QED) is 0.111. The molecule has 1 aliphatic rings. The Morgan fingerprint density at radius 3 is 1.61 bits per heavy atom. The van der Waals surface area contributed by atoms with Gasteiger partial charge in [0.2, 0.25) is 0 Å². The normalized spacial score (nSPS) is 13.9. The molecule has 1 aliphatic heterocycles. The van der Waals surface area contributed by atoms with E-state index in [2.05, 4.69) is 97.1 Å². The average molecular weight is 590 g/mol. The van der Waals surface area contributed by atoms with Crippen molar-refractivity contribution >= 4 is 24.7 Å². The first-order valence-corrected chi connectivity index (χ1v) is 13.9. The fourth-order valence-electron chi connectivity index (χ4n) is 4.53. The Hall–Kier alpha value is -5.43. The smallest absolute Gasteiger partial charge is 0.457 e. The summed E-state index contributed by atoms with van der Waals surface area (Å²) in [6, 6.07) is 45.2. The summed E-state index contributed by atoms with van der Waals surface area (Å²) >= 11 is 0. The van der Waals surface area contributed by atoms with Gasteiger partial charge in [0, 0.05) is 17.2 Å². The van der Waals surface area contributed by atoms with E-state index in [1.807, 2.05) is 66.8 Å². The highest BCUT2D eigenvalue weighted by Gasteiger charge is 2.21. The minimum Gasteiger partial charge on any atom is -0.457 e. The number of rotatable bonds is 6. The maximum atomic E-state index is 9.75. The molecule has 0 aliphatic carbocycles. The first kappa shape index (κ1) is 30.0. The van der Waals surface area contributed by atoms with E-state index in [9.17, 15) is 17.3 Å². The van der Waals surface area contributed by atoms with Gasteiger partial charge in [0.15, 0.2) is 0 Å². The van der Waals surface area contributed by atoms with Crippen molar-refractivity contribution < 1.29 is 26.4 Å². The summed E-state index contributed by atoms with van der Waals surface area (Å²) in [5.74, 6) is 3.15. The number of benzene rings is 4. The lowest BCUT2D eigenvalue weighted by molar-refractivity contribution is 0.368. The van der Waals surface area contributed by atoms with Crippen LogP contribution in [0.15, 0.2) is 168 Å². The lowest BCUT2D eigenvalue weighted by Crippen LogP contribution is -2.02. The summed E-state index contributed by atoms with van der Waals surface area (Å²) in [6.45, 7) is 0. The molecule has 44 heavy (non-hydrogen) atoms. The monoisotopic (exact) mass is 590 g/mol. The molecule has 0 saturated heterocycles. The second kappa shape index (κ2) is 14.2. The van der Waals surface area contributed by atoms with Gasteiger partial charge in [-0.2, -0.15) is 0 Å². The van der Waals surface area contributed by atoms with Gasteiger partial charge >= 0.3 is 18.8 Å². The van der Waals surface area contributed by atoms with Crippen LogP contribution in [0.1, 0.15) is 16.9 Å². The van der Waals surface area contributed by atoms with Gasteiger partial charge in [-0.05, 0) is 53.1 Å². The molecule has 0 bridgehead atoms. The van der Waals surface area contributed by atoms with Crippen LogP contribution in [0, 0.1) is 0 Å². The van der Waals surface area contributed by atoms with Crippen LogP contribution in [0.2, 0.25) is 0 Å². The van der Waals surface area contributed by atoms with Crippen LogP contribution in [0.25, 0.3) is 39.9 Å². The summed E-state index contributed by atoms with van der Waals surface area (Å²) in [5, 5.41) is 0. The van der Waals surface area contributed by atoms with E-state index in [0.29, 0.717) is 0 Å². The molecule has 0 spiro atoms. The van der Waals surface area contributed by atoms with E-state index in [4.69, 9.17) is 9.15 Å². The highest BCUT2D eigenvalue weighted by Crippen LogP contribution is 2.32. The molecule has 6 rings (SSSR count). The molecular formula is C37H27BF4O2. The number of hydrogen-bond acceptors (Lipinski definition) is 1. The van der Waals surface area contributed by atoms with Crippen molar-refractivity contribution in [2.75, 3.05) is 0 Å². The maximum absolute atomic E-state index is 9.75. The molecule has 0 N–H and O–H groups in total. The first-order chi connectivity index (χ1) is 21.3. The molecule has 0 fully saturated rings. The van der Waals surface area contributed by atoms with Gasteiger partial charge in [-0.25, -0.2) is 4.42 Å². The molecule has 218 valence electrons. The van der Waals surface area contributed by atoms with Crippen molar-refractivity contribution in [3.05, 3.63) is 180 Å². The van der Waals surface area contributed by atoms with Crippen LogP contribution in [0.3, 0.4) is 0 Å². The average Bonchev–Trinajstić information content (AvgIpc) is 3.05. The summed E-state index contributed by atoms with van der Waals surface area (Å²) in [6.07, 6.45) is 10.1. The Morgan fingerprint density at radius 1 is 0.545 bits per heavy atom. The van der Waals surface area contributed by atoms with Crippen LogP contribution in [-0.2, 0) is 4.74 Å². The van der Waals surface area contributed by atoms with Crippen molar-refractivity contribution in [3.63, 3.8) is 0 Å². The molecule has 7 heteroatoms. The highest BCUT2D eigenvalue weighted by molar-refractivity contribution is 6.50. The summed E-state index contributed by atoms with van der Waals surface area (Å²) in [5.41, 5.74) is 6.55. The SMILES string of the molecule is C1=C(c2ccccc2)C=C(c2ccccc2)O/C1=C\C=C\c1cc(-c2ccccc2)cc(-c2ccccc2)[o+]1.F[B-](F)(F)F. The lowest BCUT2D eigenvalue weighted by atomic mass is 10.0. The van der Waals surface area contributed by atoms with Gasteiger partial charge in [-0.15, -0.1) is 0 Å². The predicted octanol–water partition coefficient (Wildman–Crippen LogP) is 11.2. The zero-order valence-corrected chi connectivity index (χ0v) is 23.5. The molecule has 5 aromatic rings. The molecule has 0 saturated carbocycles. The zero-order valence-electron chi connectivity index (χ0n) is 23.5. The molecule has 0 atom stereocenters. The minimum absolute atomic E-state index is 0.758. The molecule has 1 aromatic heterocycles. The maximum Gasteiger partial charge on any atom is 0.673 e. The van der Waals surface area contributed by atoms with Crippen LogP contribution < -0.4 is 0 Å². The molecule has 2 heterocycles. The third kappa shape index (κ3) is 8.79. The number of halogens is 4. The molecule has 4 aromatic carbocycles. The van der Waals surface area contributed by atoms with Crippen LogP contribution in [0.5, 0.6) is 0 Å². The standard InChI is InChI=1S/C37H27O2.BF4/c1-5-14-28(15-6-1)32-24-34(38-36(26-32)30-18-9-3-10-19-30)22-13-23-35-25-33(29-16-7-2-8-17-29)27-37(39-35)31-20-11-4-12-21-31;2-1(3,4)5/h1-27H;/q+1;-1. The van der Waals surface area contributed by atoms with Crippen molar-refractivity contribution in [2.45, 2.75) is 0 Å². The topological polar surface area (TPSA) is 20.5 Å². The number of hydrogen-bond donors (Lipinski definition) is 0. The lowest BCUT2D eigenvalue weighted by Gasteiger charge is -2.18. The van der Waals surface area contributed by atoms with Crippen LogP contribution in [0.4, 0.5) is 17.3 Å². The van der Waals surface area contributed by atoms with E-state index in [-0.39, 0.29) is 0 Å². The Bertz CT molecular complexity index is 1730. The van der Waals surface area contributed by atoms with Gasteiger partial charge in [0.05, 0.1) is 17.7 Å². The van der Waals surface area contributed by atoms with Crippen molar-refractivity contribution in [2.24, 2.45) is 0 Å². The van der Waals surface area contributed by atoms with Crippen molar-refractivity contribution in [1.29, 1.82) is 0 Å². The molecule has 0 radical (unpaired) electrons. The van der Waals surface area contributed by atoms with E-state index in [0.717, 1.165) is 56.4 Å². The van der Waals surface area contributed by atoms with Crippen molar-refractivity contribution in [1.82, 2.24) is 0 Å². The molecule has 0 unspecified atom stereocenters. The van der Waals surface area contributed by atoms with Gasteiger partial charge in [-0.3, -0.25) is 0 Å². The van der Waals surface area contributed by atoms with Gasteiger partial charge in [0.25, 0.3) is 0 Å². The highest BCUT2D eigenvalue weighted by atomic mass is 19.5. The summed E-state index contributed by atoms with van der Waals surface area (Å²) in [4.78, 5) is 0. The largest absolute Gasteiger partial charge is 0.673 e. The van der Waals surface area contributed by atoms with Crippen LogP contribution >= 0.6 is 0 Å². The fourth-order valence-corrected chi connectivity index (χ4v) is 4.53. The first-order valence-electron chi connectivity index (χ1n) is 13.9.